The number of methoxy groups -OCH3 is 1. The summed E-state index contributed by atoms with van der Waals surface area (Å²) in [6.07, 6.45) is 0.0982. The van der Waals surface area contributed by atoms with Gasteiger partial charge in [0.15, 0.2) is 0 Å². The Morgan fingerprint density at radius 3 is 2.38 bits per heavy atom. The molecule has 7 heteroatoms. The maximum absolute atomic E-state index is 11.8. The normalized spacial score (nSPS) is 21.6. The summed E-state index contributed by atoms with van der Waals surface area (Å²) in [7, 11) is 1.66. The largest absolute Gasteiger partial charge is 0.497 e. The smallest absolute Gasteiger partial charge is 0.304 e. The minimum Gasteiger partial charge on any atom is -0.497 e. The van der Waals surface area contributed by atoms with Crippen LogP contribution in [-0.2, 0) is 16.8 Å². The molecule has 2 aliphatic heterocycles. The van der Waals surface area contributed by atoms with Crippen molar-refractivity contribution >= 4 is 23.3 Å². The SMILES string of the molecule is COc1ccc2c(c1)C(C)(CC(=O)O)C(C)N2CCN1CCN(Cc2ccccc2-c2ccc(Cl)cc2)CC1. The van der Waals surface area contributed by atoms with Crippen molar-refractivity contribution in [3.05, 3.63) is 82.9 Å². The Balaban J connectivity index is 1.21. The van der Waals surface area contributed by atoms with Crippen molar-refractivity contribution in [3.8, 4) is 16.9 Å². The number of aliphatic carboxylic acids is 1. The first-order chi connectivity index (χ1) is 18.8. The van der Waals surface area contributed by atoms with Crippen LogP contribution in [0.2, 0.25) is 5.02 Å². The van der Waals surface area contributed by atoms with Crippen molar-refractivity contribution in [2.24, 2.45) is 0 Å². The van der Waals surface area contributed by atoms with Crippen LogP contribution >= 0.6 is 11.6 Å². The third-order valence-corrected chi connectivity index (χ3v) is 8.98. The Hall–Kier alpha value is -3.06. The molecule has 0 radical (unpaired) electrons. The van der Waals surface area contributed by atoms with Gasteiger partial charge in [-0.15, -0.1) is 0 Å². The summed E-state index contributed by atoms with van der Waals surface area (Å²) in [5.41, 5.74) is 5.53. The average Bonchev–Trinajstić information content (AvgIpc) is 3.13. The van der Waals surface area contributed by atoms with Gasteiger partial charge in [-0.05, 0) is 59.5 Å². The fraction of sp³-hybridized carbons (Fsp3) is 0.406. The van der Waals surface area contributed by atoms with Crippen molar-refractivity contribution < 1.29 is 14.6 Å². The van der Waals surface area contributed by atoms with E-state index in [2.05, 4.69) is 71.0 Å². The summed E-state index contributed by atoms with van der Waals surface area (Å²) in [6, 6.07) is 22.9. The molecule has 0 aliphatic carbocycles. The molecule has 3 aromatic carbocycles. The zero-order valence-electron chi connectivity index (χ0n) is 23.1. The zero-order valence-corrected chi connectivity index (χ0v) is 23.8. The van der Waals surface area contributed by atoms with Crippen LogP contribution in [0, 0.1) is 0 Å². The molecule has 1 fully saturated rings. The number of carbonyl (C=O) groups is 1. The third kappa shape index (κ3) is 5.79. The van der Waals surface area contributed by atoms with Gasteiger partial charge in [0.1, 0.15) is 5.75 Å². The molecule has 39 heavy (non-hydrogen) atoms. The number of carboxylic acid groups (broad SMARTS) is 1. The van der Waals surface area contributed by atoms with Crippen molar-refractivity contribution in [2.75, 3.05) is 51.3 Å². The number of hydrogen-bond acceptors (Lipinski definition) is 5. The van der Waals surface area contributed by atoms with E-state index in [4.69, 9.17) is 16.3 Å². The summed E-state index contributed by atoms with van der Waals surface area (Å²) < 4.78 is 5.47. The first kappa shape index (κ1) is 27.5. The third-order valence-electron chi connectivity index (χ3n) is 8.73. The number of piperazine rings is 1. The lowest BCUT2D eigenvalue weighted by Gasteiger charge is -2.38. The van der Waals surface area contributed by atoms with Crippen LogP contribution in [0.25, 0.3) is 11.1 Å². The van der Waals surface area contributed by atoms with Gasteiger partial charge in [-0.2, -0.15) is 0 Å². The summed E-state index contributed by atoms with van der Waals surface area (Å²) in [5, 5.41) is 10.4. The highest BCUT2D eigenvalue weighted by molar-refractivity contribution is 6.30. The van der Waals surface area contributed by atoms with Gasteiger partial charge in [-0.25, -0.2) is 0 Å². The lowest BCUT2D eigenvalue weighted by atomic mass is 9.76. The second kappa shape index (κ2) is 11.6. The maximum atomic E-state index is 11.8. The fourth-order valence-electron chi connectivity index (χ4n) is 6.23. The van der Waals surface area contributed by atoms with Crippen molar-refractivity contribution in [2.45, 2.75) is 38.3 Å². The summed E-state index contributed by atoms with van der Waals surface area (Å²) in [5.74, 6) is 0.00176. The van der Waals surface area contributed by atoms with Crippen LogP contribution in [0.3, 0.4) is 0 Å². The van der Waals surface area contributed by atoms with E-state index in [1.807, 2.05) is 24.3 Å². The highest BCUT2D eigenvalue weighted by atomic mass is 35.5. The Morgan fingerprint density at radius 1 is 1.00 bits per heavy atom. The van der Waals surface area contributed by atoms with Gasteiger partial charge in [0.25, 0.3) is 0 Å². The molecular formula is C32H38ClN3O3. The number of ether oxygens (including phenoxy) is 1. The number of fused-ring (bicyclic) bond motifs is 1. The zero-order chi connectivity index (χ0) is 27.6. The molecule has 0 aromatic heterocycles. The molecule has 0 spiro atoms. The first-order valence-corrected chi connectivity index (χ1v) is 14.1. The molecular weight excluding hydrogens is 510 g/mol. The number of rotatable bonds is 9. The van der Waals surface area contributed by atoms with Gasteiger partial charge in [-0.1, -0.05) is 54.9 Å². The molecule has 2 unspecified atom stereocenters. The quantitative estimate of drug-likeness (QED) is 0.367. The molecule has 1 saturated heterocycles. The maximum Gasteiger partial charge on any atom is 0.304 e. The molecule has 0 amide bonds. The molecule has 1 N–H and O–H groups in total. The second-order valence-electron chi connectivity index (χ2n) is 11.0. The van der Waals surface area contributed by atoms with Crippen LogP contribution in [0.15, 0.2) is 66.7 Å². The van der Waals surface area contributed by atoms with Crippen molar-refractivity contribution in [1.82, 2.24) is 9.80 Å². The van der Waals surface area contributed by atoms with E-state index >= 15 is 0 Å². The molecule has 0 saturated carbocycles. The molecule has 206 valence electrons. The molecule has 2 aliphatic rings. The Labute approximate surface area is 236 Å². The number of anilines is 1. The fourth-order valence-corrected chi connectivity index (χ4v) is 6.36. The monoisotopic (exact) mass is 547 g/mol. The lowest BCUT2D eigenvalue weighted by Crippen LogP contribution is -2.49. The predicted molar refractivity (Wildman–Crippen MR) is 158 cm³/mol. The van der Waals surface area contributed by atoms with Gasteiger partial charge in [0.2, 0.25) is 0 Å². The van der Waals surface area contributed by atoms with Gasteiger partial charge in [-0.3, -0.25) is 14.6 Å². The van der Waals surface area contributed by atoms with Crippen molar-refractivity contribution in [1.29, 1.82) is 0 Å². The number of benzene rings is 3. The Bertz CT molecular complexity index is 1310. The second-order valence-corrected chi connectivity index (χ2v) is 11.5. The number of halogens is 1. The van der Waals surface area contributed by atoms with Crippen LogP contribution < -0.4 is 9.64 Å². The lowest BCUT2D eigenvalue weighted by molar-refractivity contribution is -0.138. The van der Waals surface area contributed by atoms with Gasteiger partial charge < -0.3 is 14.7 Å². The highest BCUT2D eigenvalue weighted by Gasteiger charge is 2.46. The minimum absolute atomic E-state index is 0.0846. The molecule has 3 aromatic rings. The molecule has 2 heterocycles. The number of carboxylic acids is 1. The number of nitrogens with zero attached hydrogens (tertiary/aromatic N) is 3. The van der Waals surface area contributed by atoms with E-state index in [0.717, 1.165) is 67.8 Å². The molecule has 0 bridgehead atoms. The Kier molecular flexibility index (Phi) is 8.17. The topological polar surface area (TPSA) is 56.3 Å². The van der Waals surface area contributed by atoms with Gasteiger partial charge >= 0.3 is 5.97 Å². The van der Waals surface area contributed by atoms with E-state index in [1.165, 1.54) is 16.7 Å². The number of hydrogen-bond donors (Lipinski definition) is 1. The van der Waals surface area contributed by atoms with Gasteiger partial charge in [0, 0.05) is 68.0 Å². The Morgan fingerprint density at radius 2 is 1.69 bits per heavy atom. The van der Waals surface area contributed by atoms with E-state index in [9.17, 15) is 9.90 Å². The first-order valence-electron chi connectivity index (χ1n) is 13.7. The summed E-state index contributed by atoms with van der Waals surface area (Å²) >= 11 is 6.11. The van der Waals surface area contributed by atoms with Crippen molar-refractivity contribution in [3.63, 3.8) is 0 Å². The molecule has 2 atom stereocenters. The van der Waals surface area contributed by atoms with Gasteiger partial charge in [0.05, 0.1) is 13.5 Å². The average molecular weight is 548 g/mol. The van der Waals surface area contributed by atoms with E-state index in [1.54, 1.807) is 7.11 Å². The minimum atomic E-state index is -0.770. The summed E-state index contributed by atoms with van der Waals surface area (Å²) in [6.45, 7) is 11.1. The highest BCUT2D eigenvalue weighted by Crippen LogP contribution is 2.48. The van der Waals surface area contributed by atoms with Crippen LogP contribution in [0.1, 0.15) is 31.4 Å². The standard InChI is InChI=1S/C32H38ClN3O3/c1-23-32(2,21-31(37)38)29-20-27(39-3)12-13-30(29)36(23)19-18-34-14-16-35(17-15-34)22-25-6-4-5-7-28(25)24-8-10-26(33)11-9-24/h4-13,20,23H,14-19,21-22H2,1-3H3,(H,37,38). The van der Waals surface area contributed by atoms with Crippen LogP contribution in [0.5, 0.6) is 5.75 Å². The van der Waals surface area contributed by atoms with E-state index in [-0.39, 0.29) is 12.5 Å². The van der Waals surface area contributed by atoms with Crippen LogP contribution in [0.4, 0.5) is 5.69 Å². The molecule has 5 rings (SSSR count). The van der Waals surface area contributed by atoms with Crippen LogP contribution in [-0.4, -0.2) is 73.3 Å². The van der Waals surface area contributed by atoms with E-state index < -0.39 is 11.4 Å². The van der Waals surface area contributed by atoms with E-state index in [0.29, 0.717) is 0 Å². The predicted octanol–water partition coefficient (Wildman–Crippen LogP) is 5.77. The summed E-state index contributed by atoms with van der Waals surface area (Å²) in [4.78, 5) is 19.3. The molecule has 6 nitrogen and oxygen atoms in total.